The minimum Gasteiger partial charge on any atom is -0.497 e. The highest BCUT2D eigenvalue weighted by Gasteiger charge is 2.32. The summed E-state index contributed by atoms with van der Waals surface area (Å²) >= 11 is 7.44. The maximum Gasteiger partial charge on any atom is 0.266 e. The molecule has 1 aliphatic rings. The summed E-state index contributed by atoms with van der Waals surface area (Å²) in [5.41, 5.74) is 2.40. The Morgan fingerprint density at radius 2 is 2.16 bits per heavy atom. The van der Waals surface area contributed by atoms with Crippen LogP contribution in [0.1, 0.15) is 12.5 Å². The van der Waals surface area contributed by atoms with Crippen molar-refractivity contribution in [1.82, 2.24) is 9.88 Å². The lowest BCUT2D eigenvalue weighted by atomic mass is 10.1. The predicted molar refractivity (Wildman–Crippen MR) is 102 cm³/mol. The van der Waals surface area contributed by atoms with Crippen molar-refractivity contribution in [1.29, 1.82) is 0 Å². The van der Waals surface area contributed by atoms with E-state index in [0.717, 1.165) is 16.9 Å². The molecule has 2 heterocycles. The van der Waals surface area contributed by atoms with Crippen LogP contribution >= 0.6 is 23.4 Å². The van der Waals surface area contributed by atoms with Crippen LogP contribution in [0.5, 0.6) is 5.75 Å². The zero-order valence-electron chi connectivity index (χ0n) is 14.0. The quantitative estimate of drug-likeness (QED) is 0.750. The van der Waals surface area contributed by atoms with E-state index in [1.165, 1.54) is 22.9 Å². The normalized spacial score (nSPS) is 18.0. The first-order valence-electron chi connectivity index (χ1n) is 7.50. The van der Waals surface area contributed by atoms with Crippen molar-refractivity contribution in [2.75, 3.05) is 14.2 Å². The van der Waals surface area contributed by atoms with Crippen LogP contribution in [0.15, 0.2) is 52.6 Å². The van der Waals surface area contributed by atoms with Crippen molar-refractivity contribution < 1.29 is 9.53 Å². The van der Waals surface area contributed by atoms with Crippen molar-refractivity contribution in [3.8, 4) is 5.75 Å². The lowest BCUT2D eigenvalue weighted by molar-refractivity contribution is -0.121. The van der Waals surface area contributed by atoms with Crippen LogP contribution in [0.25, 0.3) is 5.57 Å². The third-order valence-electron chi connectivity index (χ3n) is 3.79. The molecule has 2 aromatic rings. The number of benzene rings is 1. The van der Waals surface area contributed by atoms with Gasteiger partial charge >= 0.3 is 0 Å². The number of likely N-dealkylation sites (N-methyl/N-ethyl adjacent to an activating group) is 1. The van der Waals surface area contributed by atoms with E-state index in [0.29, 0.717) is 20.8 Å². The van der Waals surface area contributed by atoms with Gasteiger partial charge in [0.25, 0.3) is 5.91 Å². The third-order valence-corrected chi connectivity index (χ3v) is 5.31. The number of carbonyl (C=O) groups is 1. The lowest BCUT2D eigenvalue weighted by Gasteiger charge is -2.08. The number of amides is 1. The van der Waals surface area contributed by atoms with Crippen molar-refractivity contribution >= 4 is 45.7 Å². The van der Waals surface area contributed by atoms with Crippen LogP contribution in [-0.4, -0.2) is 35.1 Å². The first-order chi connectivity index (χ1) is 12.0. The highest BCUT2D eigenvalue weighted by Crippen LogP contribution is 2.38. The van der Waals surface area contributed by atoms with Gasteiger partial charge in [-0.1, -0.05) is 23.7 Å². The minimum absolute atomic E-state index is 0.0887. The number of allylic oxidation sites excluding steroid dienone is 1. The fraction of sp³-hybridized carbons (Fsp3) is 0.167. The number of rotatable bonds is 3. The van der Waals surface area contributed by atoms with E-state index in [-0.39, 0.29) is 5.91 Å². The third kappa shape index (κ3) is 3.55. The van der Waals surface area contributed by atoms with E-state index in [1.54, 1.807) is 26.4 Å². The summed E-state index contributed by atoms with van der Waals surface area (Å²) in [5, 5.41) is 1.02. The Kier molecular flexibility index (Phi) is 5.11. The molecule has 7 heteroatoms. The second-order valence-corrected chi connectivity index (χ2v) is 6.76. The molecule has 1 saturated heterocycles. The number of amidine groups is 1. The van der Waals surface area contributed by atoms with Crippen molar-refractivity contribution in [2.45, 2.75) is 6.92 Å². The van der Waals surface area contributed by atoms with Crippen LogP contribution in [0, 0.1) is 0 Å². The fourth-order valence-electron chi connectivity index (χ4n) is 2.33. The molecule has 0 spiro atoms. The minimum atomic E-state index is -0.0887. The zero-order valence-corrected chi connectivity index (χ0v) is 15.6. The summed E-state index contributed by atoms with van der Waals surface area (Å²) in [7, 11) is 3.32. The molecule has 25 heavy (non-hydrogen) atoms. The fourth-order valence-corrected chi connectivity index (χ4v) is 3.53. The van der Waals surface area contributed by atoms with E-state index in [9.17, 15) is 4.79 Å². The predicted octanol–water partition coefficient (Wildman–Crippen LogP) is 4.37. The summed E-state index contributed by atoms with van der Waals surface area (Å²) in [6.45, 7) is 1.92. The Bertz CT molecular complexity index is 895. The maximum atomic E-state index is 12.6. The molecule has 1 aromatic carbocycles. The molecule has 1 fully saturated rings. The van der Waals surface area contributed by atoms with Crippen LogP contribution in [0.3, 0.4) is 0 Å². The van der Waals surface area contributed by atoms with Crippen LogP contribution in [-0.2, 0) is 4.79 Å². The summed E-state index contributed by atoms with van der Waals surface area (Å²) in [5.74, 6) is 0.660. The Morgan fingerprint density at radius 3 is 2.88 bits per heavy atom. The van der Waals surface area contributed by atoms with Crippen molar-refractivity contribution in [2.24, 2.45) is 4.99 Å². The van der Waals surface area contributed by atoms with Crippen molar-refractivity contribution in [3.63, 3.8) is 0 Å². The smallest absolute Gasteiger partial charge is 0.266 e. The number of nitrogens with zero attached hydrogens (tertiary/aromatic N) is 3. The second kappa shape index (κ2) is 7.29. The highest BCUT2D eigenvalue weighted by molar-refractivity contribution is 8.18. The molecule has 0 atom stereocenters. The lowest BCUT2D eigenvalue weighted by Crippen LogP contribution is -2.23. The first-order valence-corrected chi connectivity index (χ1v) is 8.70. The molecule has 128 valence electrons. The number of methoxy groups -OCH3 is 1. The summed E-state index contributed by atoms with van der Waals surface area (Å²) in [6.07, 6.45) is 3.14. The molecule has 0 saturated carbocycles. The summed E-state index contributed by atoms with van der Waals surface area (Å²) in [4.78, 5) is 23.3. The topological polar surface area (TPSA) is 54.8 Å². The van der Waals surface area contributed by atoms with Gasteiger partial charge in [0.05, 0.1) is 22.7 Å². The van der Waals surface area contributed by atoms with Gasteiger partial charge in [0.15, 0.2) is 5.17 Å². The van der Waals surface area contributed by atoms with E-state index in [4.69, 9.17) is 16.3 Å². The SMILES string of the molecule is COc1cccc(/C(C)=C2\SC(=Nc3ccncc3Cl)N(C)C2=O)c1. The average molecular weight is 374 g/mol. The van der Waals surface area contributed by atoms with E-state index in [2.05, 4.69) is 9.98 Å². The molecule has 0 radical (unpaired) electrons. The molecular weight excluding hydrogens is 358 g/mol. The van der Waals surface area contributed by atoms with E-state index >= 15 is 0 Å². The number of aliphatic imine (C=N–C) groups is 1. The summed E-state index contributed by atoms with van der Waals surface area (Å²) < 4.78 is 5.26. The van der Waals surface area contributed by atoms with Crippen LogP contribution in [0.4, 0.5) is 5.69 Å². The number of pyridine rings is 1. The number of thioether (sulfide) groups is 1. The van der Waals surface area contributed by atoms with Gasteiger partial charge in [-0.15, -0.1) is 0 Å². The number of carbonyl (C=O) groups excluding carboxylic acids is 1. The highest BCUT2D eigenvalue weighted by atomic mass is 35.5. The van der Waals surface area contributed by atoms with Gasteiger partial charge in [0, 0.05) is 19.4 Å². The Balaban J connectivity index is 1.99. The number of halogens is 1. The average Bonchev–Trinajstić information content (AvgIpc) is 2.91. The van der Waals surface area contributed by atoms with Gasteiger partial charge in [0.2, 0.25) is 0 Å². The molecule has 3 rings (SSSR count). The number of hydrogen-bond donors (Lipinski definition) is 0. The van der Waals surface area contributed by atoms with Gasteiger partial charge in [-0.25, -0.2) is 4.99 Å². The number of aromatic nitrogens is 1. The molecule has 1 aromatic heterocycles. The first kappa shape index (κ1) is 17.5. The number of ether oxygens (including phenoxy) is 1. The number of hydrogen-bond acceptors (Lipinski definition) is 5. The molecule has 0 bridgehead atoms. The standard InChI is InChI=1S/C18H16ClN3O2S/c1-11(12-5-4-6-13(9-12)24-3)16-17(23)22(2)18(25-16)21-15-7-8-20-10-14(15)19/h4-10H,1-3H3/b16-11-,21-18?. The molecule has 0 unspecified atom stereocenters. The Labute approximate surface area is 155 Å². The molecule has 1 amide bonds. The van der Waals surface area contributed by atoms with Gasteiger partial charge in [-0.05, 0) is 48.0 Å². The zero-order chi connectivity index (χ0) is 18.0. The van der Waals surface area contributed by atoms with Gasteiger partial charge < -0.3 is 4.74 Å². The van der Waals surface area contributed by atoms with Crippen molar-refractivity contribution in [3.05, 3.63) is 58.2 Å². The summed E-state index contributed by atoms with van der Waals surface area (Å²) in [6, 6.07) is 9.34. The molecule has 5 nitrogen and oxygen atoms in total. The van der Waals surface area contributed by atoms with Gasteiger partial charge in [0.1, 0.15) is 5.75 Å². The maximum absolute atomic E-state index is 12.6. The van der Waals surface area contributed by atoms with Crippen LogP contribution < -0.4 is 4.74 Å². The van der Waals surface area contributed by atoms with Gasteiger partial charge in [-0.3, -0.25) is 14.7 Å². The molecule has 1 aliphatic heterocycles. The van der Waals surface area contributed by atoms with Crippen LogP contribution in [0.2, 0.25) is 5.02 Å². The van der Waals surface area contributed by atoms with Gasteiger partial charge in [-0.2, -0.15) is 0 Å². The molecule has 0 N–H and O–H groups in total. The largest absolute Gasteiger partial charge is 0.497 e. The molecular formula is C18H16ClN3O2S. The monoisotopic (exact) mass is 373 g/mol. The Morgan fingerprint density at radius 1 is 1.36 bits per heavy atom. The van der Waals surface area contributed by atoms with E-state index in [1.807, 2.05) is 31.2 Å². The van der Waals surface area contributed by atoms with E-state index < -0.39 is 0 Å². The Hall–Kier alpha value is -2.31. The molecule has 0 aliphatic carbocycles. The second-order valence-electron chi connectivity index (χ2n) is 5.37.